The van der Waals surface area contributed by atoms with Gasteiger partial charge in [0.15, 0.2) is 11.2 Å². The van der Waals surface area contributed by atoms with Gasteiger partial charge in [0.1, 0.15) is 0 Å². The predicted molar refractivity (Wildman–Crippen MR) is 120 cm³/mol. The van der Waals surface area contributed by atoms with Crippen molar-refractivity contribution >= 4 is 23.8 Å². The lowest BCUT2D eigenvalue weighted by Crippen LogP contribution is -2.53. The number of amides is 2. The van der Waals surface area contributed by atoms with Crippen molar-refractivity contribution in [1.82, 2.24) is 10.6 Å². The third-order valence-electron chi connectivity index (χ3n) is 10.3. The highest BCUT2D eigenvalue weighted by atomic mass is 16.6. The van der Waals surface area contributed by atoms with E-state index in [-0.39, 0.29) is 23.8 Å². The van der Waals surface area contributed by atoms with E-state index in [2.05, 4.69) is 10.6 Å². The highest BCUT2D eigenvalue weighted by Crippen LogP contribution is 2.66. The fourth-order valence-electron chi connectivity index (χ4n) is 6.61. The number of carbonyl (C=O) groups is 4. The zero-order valence-corrected chi connectivity index (χ0v) is 20.8. The molecule has 2 aliphatic carbocycles. The van der Waals surface area contributed by atoms with Crippen molar-refractivity contribution < 1.29 is 28.7 Å². The Kier molecular flexibility index (Phi) is 5.23. The van der Waals surface area contributed by atoms with Crippen molar-refractivity contribution in [2.75, 3.05) is 13.1 Å². The number of rotatable bonds is 8. The van der Waals surface area contributed by atoms with E-state index in [9.17, 15) is 19.2 Å². The number of carbonyl (C=O) groups excluding carboxylic acids is 4. The average Bonchev–Trinajstić information content (AvgIpc) is 3.20. The van der Waals surface area contributed by atoms with Gasteiger partial charge in [-0.2, -0.15) is 0 Å². The van der Waals surface area contributed by atoms with Crippen molar-refractivity contribution in [3.8, 4) is 0 Å². The fourth-order valence-corrected chi connectivity index (χ4v) is 6.61. The highest BCUT2D eigenvalue weighted by molar-refractivity contribution is 5.97. The van der Waals surface area contributed by atoms with Crippen LogP contribution >= 0.6 is 0 Å². The molecule has 2 N–H and O–H groups in total. The van der Waals surface area contributed by atoms with Gasteiger partial charge in [0.25, 0.3) is 11.8 Å². The fraction of sp³-hybridized carbons (Fsp3) is 0.840. The molecule has 0 aromatic heterocycles. The Morgan fingerprint density at radius 2 is 1.03 bits per heavy atom. The van der Waals surface area contributed by atoms with E-state index in [4.69, 9.17) is 9.47 Å². The summed E-state index contributed by atoms with van der Waals surface area (Å²) in [5, 5.41) is 5.92. The predicted octanol–water partition coefficient (Wildman–Crippen LogP) is 2.63. The Labute approximate surface area is 195 Å². The lowest BCUT2D eigenvalue weighted by Gasteiger charge is -2.35. The van der Waals surface area contributed by atoms with Gasteiger partial charge in [0.2, 0.25) is 0 Å². The molecule has 0 radical (unpaired) electrons. The first-order chi connectivity index (χ1) is 15.2. The SMILES string of the molecule is CC1(C)[C@@]2(C(=O)NCCCCCNC(=O)[C@@]34CC[C@@](C)(C(=O)O3)C4(C)C)CC[C@]1(C)C(=O)O2. The molecule has 0 aromatic carbocycles. The van der Waals surface area contributed by atoms with Gasteiger partial charge in [-0.1, -0.05) is 27.7 Å². The molecule has 0 aromatic rings. The molecule has 4 aliphatic rings. The van der Waals surface area contributed by atoms with Gasteiger partial charge in [0, 0.05) is 23.9 Å². The molecule has 4 bridgehead atoms. The number of ether oxygens (including phenoxy) is 2. The summed E-state index contributed by atoms with van der Waals surface area (Å²) in [5.41, 5.74) is -4.46. The molecular formula is C25H38N2O6. The number of unbranched alkanes of at least 4 members (excludes halogenated alkanes) is 2. The molecule has 0 spiro atoms. The maximum atomic E-state index is 13.0. The number of hydrogen-bond donors (Lipinski definition) is 2. The molecule has 2 saturated carbocycles. The molecule has 2 saturated heterocycles. The molecule has 4 rings (SSSR count). The molecule has 2 heterocycles. The minimum atomic E-state index is -1.08. The largest absolute Gasteiger partial charge is 0.448 e. The summed E-state index contributed by atoms with van der Waals surface area (Å²) in [7, 11) is 0. The van der Waals surface area contributed by atoms with E-state index in [1.165, 1.54) is 0 Å². The van der Waals surface area contributed by atoms with Gasteiger partial charge in [-0.25, -0.2) is 0 Å². The smallest absolute Gasteiger partial charge is 0.313 e. The summed E-state index contributed by atoms with van der Waals surface area (Å²) in [6, 6.07) is 0. The van der Waals surface area contributed by atoms with Gasteiger partial charge >= 0.3 is 11.9 Å². The maximum absolute atomic E-state index is 13.0. The second-order valence-electron chi connectivity index (χ2n) is 11.9. The molecule has 0 unspecified atom stereocenters. The second-order valence-corrected chi connectivity index (χ2v) is 11.9. The Balaban J connectivity index is 1.20. The van der Waals surface area contributed by atoms with Crippen molar-refractivity contribution in [2.24, 2.45) is 21.7 Å². The first-order valence-corrected chi connectivity index (χ1v) is 12.3. The molecule has 2 amide bonds. The minimum absolute atomic E-state index is 0.205. The van der Waals surface area contributed by atoms with Crippen LogP contribution in [0.2, 0.25) is 0 Å². The normalized spacial score (nSPS) is 39.3. The van der Waals surface area contributed by atoms with Crippen LogP contribution in [-0.4, -0.2) is 48.0 Å². The van der Waals surface area contributed by atoms with E-state index in [0.29, 0.717) is 38.8 Å². The Bertz CT molecular complexity index is 841. The Morgan fingerprint density at radius 3 is 1.30 bits per heavy atom. The molecule has 8 nitrogen and oxygen atoms in total. The first kappa shape index (κ1) is 24.0. The van der Waals surface area contributed by atoms with Crippen LogP contribution in [0.3, 0.4) is 0 Å². The van der Waals surface area contributed by atoms with E-state index >= 15 is 0 Å². The zero-order valence-electron chi connectivity index (χ0n) is 20.8. The second kappa shape index (κ2) is 7.19. The summed E-state index contributed by atoms with van der Waals surface area (Å²) in [5.74, 6) is -0.960. The Morgan fingerprint density at radius 1 is 0.667 bits per heavy atom. The Hall–Kier alpha value is -2.12. The average molecular weight is 463 g/mol. The van der Waals surface area contributed by atoms with Crippen LogP contribution in [0.4, 0.5) is 0 Å². The van der Waals surface area contributed by atoms with Gasteiger partial charge < -0.3 is 20.1 Å². The van der Waals surface area contributed by atoms with Gasteiger partial charge in [0.05, 0.1) is 10.8 Å². The van der Waals surface area contributed by atoms with Crippen LogP contribution < -0.4 is 10.6 Å². The van der Waals surface area contributed by atoms with Crippen molar-refractivity contribution in [2.45, 2.75) is 97.7 Å². The lowest BCUT2D eigenvalue weighted by atomic mass is 9.66. The molecule has 8 heteroatoms. The van der Waals surface area contributed by atoms with Crippen molar-refractivity contribution in [1.29, 1.82) is 0 Å². The molecule has 2 aliphatic heterocycles. The number of esters is 2. The summed E-state index contributed by atoms with van der Waals surface area (Å²) >= 11 is 0. The van der Waals surface area contributed by atoms with E-state index < -0.39 is 32.9 Å². The van der Waals surface area contributed by atoms with E-state index in [0.717, 1.165) is 19.3 Å². The van der Waals surface area contributed by atoms with Crippen LogP contribution in [0.1, 0.15) is 86.5 Å². The van der Waals surface area contributed by atoms with Crippen molar-refractivity contribution in [3.05, 3.63) is 0 Å². The topological polar surface area (TPSA) is 111 Å². The monoisotopic (exact) mass is 462 g/mol. The summed E-state index contributed by atoms with van der Waals surface area (Å²) in [6.45, 7) is 12.6. The molecule has 33 heavy (non-hydrogen) atoms. The van der Waals surface area contributed by atoms with Crippen LogP contribution in [0, 0.1) is 21.7 Å². The van der Waals surface area contributed by atoms with Gasteiger partial charge in [-0.05, 0) is 58.8 Å². The van der Waals surface area contributed by atoms with Crippen LogP contribution in [0.15, 0.2) is 0 Å². The summed E-state index contributed by atoms with van der Waals surface area (Å²) < 4.78 is 11.2. The van der Waals surface area contributed by atoms with Crippen LogP contribution in [-0.2, 0) is 28.7 Å². The first-order valence-electron chi connectivity index (χ1n) is 12.3. The number of nitrogens with one attached hydrogen (secondary N) is 2. The number of fused-ring (bicyclic) bond motifs is 4. The number of hydrogen-bond acceptors (Lipinski definition) is 6. The van der Waals surface area contributed by atoms with Gasteiger partial charge in [-0.15, -0.1) is 0 Å². The molecular weight excluding hydrogens is 424 g/mol. The van der Waals surface area contributed by atoms with E-state index in [1.807, 2.05) is 41.5 Å². The molecule has 184 valence electrons. The maximum Gasteiger partial charge on any atom is 0.313 e. The molecule has 4 fully saturated rings. The van der Waals surface area contributed by atoms with Crippen LogP contribution in [0.25, 0.3) is 0 Å². The zero-order chi connectivity index (χ0) is 24.5. The minimum Gasteiger partial charge on any atom is -0.448 e. The third-order valence-corrected chi connectivity index (χ3v) is 10.3. The summed E-state index contributed by atoms with van der Waals surface area (Å²) in [4.78, 5) is 50.6. The molecule has 4 atom stereocenters. The quantitative estimate of drug-likeness (QED) is 0.424. The van der Waals surface area contributed by atoms with E-state index in [1.54, 1.807) is 0 Å². The van der Waals surface area contributed by atoms with Gasteiger partial charge in [-0.3, -0.25) is 19.2 Å². The standard InChI is InChI=1S/C25H38N2O6/c1-20(2)22(5)10-12-24(20,32-18(22)30)16(28)26-14-8-7-9-15-27-17(29)25-13-11-23(6,19(31)33-25)21(25,3)4/h7-15H2,1-6H3,(H,26,28)(H,27,29)/t22-,23+,24+,25-. The lowest BCUT2D eigenvalue weighted by molar-refractivity contribution is -0.168. The highest BCUT2D eigenvalue weighted by Gasteiger charge is 2.76. The summed E-state index contributed by atoms with van der Waals surface area (Å²) in [6.07, 6.45) is 4.78. The third kappa shape index (κ3) is 2.75. The van der Waals surface area contributed by atoms with Crippen LogP contribution in [0.5, 0.6) is 0 Å². The van der Waals surface area contributed by atoms with Crippen molar-refractivity contribution in [3.63, 3.8) is 0 Å².